The standard InChI is InChI=1S/C20H28N4O3/c1-5-21-20(24-14-16-10-11-19(26-4)22-13-16)23-12-15(2)27-18-9-7-6-8-17(18)25-3/h6-11,13,15H,5,12,14H2,1-4H3,(H2,21,23,24). The maximum Gasteiger partial charge on any atom is 0.212 e. The third kappa shape index (κ3) is 6.69. The lowest BCUT2D eigenvalue weighted by molar-refractivity contribution is 0.213. The summed E-state index contributed by atoms with van der Waals surface area (Å²) in [5.41, 5.74) is 1.01. The molecule has 1 unspecified atom stereocenters. The van der Waals surface area contributed by atoms with Crippen LogP contribution in [0.2, 0.25) is 0 Å². The maximum absolute atomic E-state index is 5.96. The van der Waals surface area contributed by atoms with E-state index in [-0.39, 0.29) is 6.10 Å². The molecule has 0 bridgehead atoms. The second-order valence-electron chi connectivity index (χ2n) is 5.86. The van der Waals surface area contributed by atoms with Gasteiger partial charge in [0.05, 0.1) is 27.3 Å². The Morgan fingerprint density at radius 3 is 2.48 bits per heavy atom. The summed E-state index contributed by atoms with van der Waals surface area (Å²) in [6, 6.07) is 11.4. The molecule has 0 spiro atoms. The number of benzene rings is 1. The number of methoxy groups -OCH3 is 2. The summed E-state index contributed by atoms with van der Waals surface area (Å²) in [5, 5.41) is 6.53. The highest BCUT2D eigenvalue weighted by Gasteiger charge is 2.09. The Labute approximate surface area is 160 Å². The van der Waals surface area contributed by atoms with Crippen molar-refractivity contribution in [2.45, 2.75) is 26.5 Å². The minimum Gasteiger partial charge on any atom is -0.493 e. The number of rotatable bonds is 9. The Bertz CT molecular complexity index is 719. The first-order valence-electron chi connectivity index (χ1n) is 8.97. The molecule has 0 amide bonds. The molecule has 0 radical (unpaired) electrons. The smallest absolute Gasteiger partial charge is 0.212 e. The van der Waals surface area contributed by atoms with Crippen LogP contribution in [0.25, 0.3) is 0 Å². The van der Waals surface area contributed by atoms with Gasteiger partial charge in [0.15, 0.2) is 17.5 Å². The van der Waals surface area contributed by atoms with Crippen LogP contribution in [0.3, 0.4) is 0 Å². The molecule has 2 rings (SSSR count). The van der Waals surface area contributed by atoms with Crippen LogP contribution >= 0.6 is 0 Å². The predicted molar refractivity (Wildman–Crippen MR) is 107 cm³/mol. The molecule has 7 heteroatoms. The van der Waals surface area contributed by atoms with Crippen molar-refractivity contribution < 1.29 is 14.2 Å². The molecule has 2 aromatic rings. The summed E-state index contributed by atoms with van der Waals surface area (Å²) in [5.74, 6) is 2.76. The molecule has 1 heterocycles. The van der Waals surface area contributed by atoms with Crippen LogP contribution in [0.15, 0.2) is 47.6 Å². The number of aromatic nitrogens is 1. The number of nitrogens with zero attached hydrogens (tertiary/aromatic N) is 2. The van der Waals surface area contributed by atoms with Crippen LogP contribution in [0.1, 0.15) is 19.4 Å². The Kier molecular flexibility index (Phi) is 8.22. The lowest BCUT2D eigenvalue weighted by Crippen LogP contribution is -2.41. The molecule has 27 heavy (non-hydrogen) atoms. The van der Waals surface area contributed by atoms with Gasteiger partial charge in [0.25, 0.3) is 0 Å². The predicted octanol–water partition coefficient (Wildman–Crippen LogP) is 2.62. The van der Waals surface area contributed by atoms with Gasteiger partial charge in [-0.2, -0.15) is 0 Å². The van der Waals surface area contributed by atoms with Gasteiger partial charge in [-0.3, -0.25) is 0 Å². The van der Waals surface area contributed by atoms with Gasteiger partial charge in [0, 0.05) is 18.8 Å². The van der Waals surface area contributed by atoms with E-state index in [4.69, 9.17) is 14.2 Å². The zero-order valence-corrected chi connectivity index (χ0v) is 16.4. The van der Waals surface area contributed by atoms with E-state index >= 15 is 0 Å². The first kappa shape index (κ1) is 20.4. The average Bonchev–Trinajstić information content (AvgIpc) is 2.71. The monoisotopic (exact) mass is 372 g/mol. The minimum atomic E-state index is -0.0622. The van der Waals surface area contributed by atoms with Gasteiger partial charge in [0.2, 0.25) is 5.88 Å². The minimum absolute atomic E-state index is 0.0622. The Morgan fingerprint density at radius 1 is 1.07 bits per heavy atom. The van der Waals surface area contributed by atoms with E-state index < -0.39 is 0 Å². The summed E-state index contributed by atoms with van der Waals surface area (Å²) in [6.45, 7) is 5.92. The molecule has 1 aromatic carbocycles. The molecule has 0 aliphatic rings. The zero-order chi connectivity index (χ0) is 19.5. The van der Waals surface area contributed by atoms with Crippen LogP contribution in [0.4, 0.5) is 0 Å². The topological polar surface area (TPSA) is 77.0 Å². The number of guanidine groups is 1. The quantitative estimate of drug-likeness (QED) is 0.520. The van der Waals surface area contributed by atoms with Gasteiger partial charge in [-0.25, -0.2) is 9.98 Å². The van der Waals surface area contributed by atoms with E-state index in [9.17, 15) is 0 Å². The van der Waals surface area contributed by atoms with Gasteiger partial charge in [-0.05, 0) is 31.5 Å². The average molecular weight is 372 g/mol. The first-order chi connectivity index (χ1) is 13.2. The van der Waals surface area contributed by atoms with Gasteiger partial charge < -0.3 is 24.8 Å². The molecule has 7 nitrogen and oxygen atoms in total. The van der Waals surface area contributed by atoms with Crippen molar-refractivity contribution in [1.29, 1.82) is 0 Å². The van der Waals surface area contributed by atoms with Gasteiger partial charge >= 0.3 is 0 Å². The fourth-order valence-corrected chi connectivity index (χ4v) is 2.35. The summed E-state index contributed by atoms with van der Waals surface area (Å²) < 4.78 is 16.3. The number of pyridine rings is 1. The second kappa shape index (κ2) is 10.9. The van der Waals surface area contributed by atoms with Gasteiger partial charge in [-0.15, -0.1) is 0 Å². The van der Waals surface area contributed by atoms with Crippen molar-refractivity contribution in [3.8, 4) is 17.4 Å². The Morgan fingerprint density at radius 2 is 1.85 bits per heavy atom. The van der Waals surface area contributed by atoms with Crippen molar-refractivity contribution in [2.24, 2.45) is 4.99 Å². The van der Waals surface area contributed by atoms with Crippen LogP contribution in [-0.4, -0.2) is 44.4 Å². The van der Waals surface area contributed by atoms with Crippen molar-refractivity contribution in [3.63, 3.8) is 0 Å². The normalized spacial score (nSPS) is 12.2. The number of hydrogen-bond acceptors (Lipinski definition) is 5. The van der Waals surface area contributed by atoms with E-state index in [0.29, 0.717) is 19.0 Å². The maximum atomic E-state index is 5.96. The zero-order valence-electron chi connectivity index (χ0n) is 16.4. The summed E-state index contributed by atoms with van der Waals surface area (Å²) in [7, 11) is 3.23. The SMILES string of the molecule is CCNC(=NCc1ccc(OC)nc1)NCC(C)Oc1ccccc1OC. The second-order valence-corrected chi connectivity index (χ2v) is 5.86. The number of aliphatic imine (C=N–C) groups is 1. The molecule has 0 aliphatic heterocycles. The highest BCUT2D eigenvalue weighted by Crippen LogP contribution is 2.26. The van der Waals surface area contributed by atoms with E-state index in [1.165, 1.54) is 0 Å². The molecule has 146 valence electrons. The Balaban J connectivity index is 1.90. The van der Waals surface area contributed by atoms with Gasteiger partial charge in [-0.1, -0.05) is 18.2 Å². The summed E-state index contributed by atoms with van der Waals surface area (Å²) in [4.78, 5) is 8.78. The van der Waals surface area contributed by atoms with Crippen LogP contribution in [0.5, 0.6) is 17.4 Å². The lowest BCUT2D eigenvalue weighted by atomic mass is 10.3. The van der Waals surface area contributed by atoms with E-state index in [0.717, 1.165) is 29.6 Å². The number of hydrogen-bond donors (Lipinski definition) is 2. The highest BCUT2D eigenvalue weighted by atomic mass is 16.5. The summed E-state index contributed by atoms with van der Waals surface area (Å²) >= 11 is 0. The van der Waals surface area contributed by atoms with Gasteiger partial charge in [0.1, 0.15) is 6.10 Å². The van der Waals surface area contributed by atoms with Crippen LogP contribution in [-0.2, 0) is 6.54 Å². The van der Waals surface area contributed by atoms with Crippen molar-refractivity contribution in [3.05, 3.63) is 48.2 Å². The number of nitrogens with one attached hydrogen (secondary N) is 2. The molecule has 1 atom stereocenters. The molecule has 0 aliphatic carbocycles. The van der Waals surface area contributed by atoms with Crippen LogP contribution < -0.4 is 24.8 Å². The first-order valence-corrected chi connectivity index (χ1v) is 8.97. The summed E-state index contributed by atoms with van der Waals surface area (Å²) in [6.07, 6.45) is 1.70. The van der Waals surface area contributed by atoms with Crippen molar-refractivity contribution in [2.75, 3.05) is 27.3 Å². The molecule has 0 fully saturated rings. The van der Waals surface area contributed by atoms with Crippen molar-refractivity contribution in [1.82, 2.24) is 15.6 Å². The Hall–Kier alpha value is -2.96. The van der Waals surface area contributed by atoms with E-state index in [1.54, 1.807) is 20.4 Å². The van der Waals surface area contributed by atoms with Crippen LogP contribution in [0, 0.1) is 0 Å². The fraction of sp³-hybridized carbons (Fsp3) is 0.400. The highest BCUT2D eigenvalue weighted by molar-refractivity contribution is 5.79. The van der Waals surface area contributed by atoms with E-state index in [1.807, 2.05) is 50.2 Å². The van der Waals surface area contributed by atoms with Crippen molar-refractivity contribution >= 4 is 5.96 Å². The molecule has 2 N–H and O–H groups in total. The number of para-hydroxylation sites is 2. The fourth-order valence-electron chi connectivity index (χ4n) is 2.35. The lowest BCUT2D eigenvalue weighted by Gasteiger charge is -2.19. The molecule has 1 aromatic heterocycles. The molecular formula is C20H28N4O3. The largest absolute Gasteiger partial charge is 0.493 e. The third-order valence-corrected chi connectivity index (χ3v) is 3.72. The molecular weight excluding hydrogens is 344 g/mol. The third-order valence-electron chi connectivity index (χ3n) is 3.72. The number of ether oxygens (including phenoxy) is 3. The molecule has 0 saturated heterocycles. The van der Waals surface area contributed by atoms with E-state index in [2.05, 4.69) is 20.6 Å². The molecule has 0 saturated carbocycles.